The number of pyridine rings is 1. The number of hydrogen-bond acceptors (Lipinski definition) is 6. The highest BCUT2D eigenvalue weighted by molar-refractivity contribution is 7.17. The fourth-order valence-corrected chi connectivity index (χ4v) is 4.55. The third kappa shape index (κ3) is 3.63. The minimum Gasteiger partial charge on any atom is -0.377 e. The number of methoxy groups -OCH3 is 1. The van der Waals surface area contributed by atoms with Crippen LogP contribution in [0.2, 0.25) is 5.02 Å². The standard InChI is InChI=1S/C22H18ClN5OS/c1-29-12-18-26-21(24-9-16-11-28-10-15(23)7-8-19(28)25-16)20-17(13-30-22(20)27-18)14-5-3-2-4-6-14/h2-8,10-11,13H,9,12H2,1H3,(H,24,26,27). The molecule has 0 atom stereocenters. The highest BCUT2D eigenvalue weighted by atomic mass is 35.5. The van der Waals surface area contributed by atoms with Gasteiger partial charge in [-0.15, -0.1) is 11.3 Å². The van der Waals surface area contributed by atoms with Crippen LogP contribution in [0.1, 0.15) is 11.5 Å². The van der Waals surface area contributed by atoms with E-state index in [2.05, 4.69) is 32.8 Å². The topological polar surface area (TPSA) is 64.3 Å². The summed E-state index contributed by atoms with van der Waals surface area (Å²) in [7, 11) is 1.65. The van der Waals surface area contributed by atoms with E-state index >= 15 is 0 Å². The molecular weight excluding hydrogens is 418 g/mol. The van der Waals surface area contributed by atoms with Gasteiger partial charge in [0.2, 0.25) is 0 Å². The number of halogens is 1. The number of anilines is 1. The summed E-state index contributed by atoms with van der Waals surface area (Å²) in [5.74, 6) is 1.43. The summed E-state index contributed by atoms with van der Waals surface area (Å²) in [5.41, 5.74) is 4.00. The quantitative estimate of drug-likeness (QED) is 0.386. The summed E-state index contributed by atoms with van der Waals surface area (Å²) < 4.78 is 7.18. The van der Waals surface area contributed by atoms with E-state index < -0.39 is 0 Å². The number of nitrogens with one attached hydrogen (secondary N) is 1. The molecule has 0 saturated carbocycles. The number of thiophene rings is 1. The first kappa shape index (κ1) is 19.0. The van der Waals surface area contributed by atoms with Crippen LogP contribution in [0.3, 0.4) is 0 Å². The molecule has 1 N–H and O–H groups in total. The van der Waals surface area contributed by atoms with Gasteiger partial charge < -0.3 is 14.5 Å². The van der Waals surface area contributed by atoms with E-state index in [-0.39, 0.29) is 0 Å². The Hall–Kier alpha value is -3.00. The second kappa shape index (κ2) is 8.02. The van der Waals surface area contributed by atoms with Gasteiger partial charge >= 0.3 is 0 Å². The lowest BCUT2D eigenvalue weighted by atomic mass is 10.1. The number of fused-ring (bicyclic) bond motifs is 2. The van der Waals surface area contributed by atoms with Crippen molar-refractivity contribution in [3.63, 3.8) is 0 Å². The van der Waals surface area contributed by atoms with Gasteiger partial charge in [0.25, 0.3) is 0 Å². The predicted molar refractivity (Wildman–Crippen MR) is 121 cm³/mol. The molecule has 5 aromatic rings. The Morgan fingerprint density at radius 1 is 1.07 bits per heavy atom. The molecule has 0 unspecified atom stereocenters. The highest BCUT2D eigenvalue weighted by Gasteiger charge is 2.16. The molecule has 4 heterocycles. The van der Waals surface area contributed by atoms with Gasteiger partial charge in [-0.3, -0.25) is 0 Å². The molecule has 0 bridgehead atoms. The van der Waals surface area contributed by atoms with Crippen molar-refractivity contribution in [1.82, 2.24) is 19.4 Å². The fraction of sp³-hybridized carbons (Fsp3) is 0.136. The molecule has 0 aliphatic carbocycles. The molecule has 6 nitrogen and oxygen atoms in total. The third-order valence-corrected chi connectivity index (χ3v) is 5.84. The molecule has 0 spiro atoms. The first-order chi connectivity index (χ1) is 14.7. The van der Waals surface area contributed by atoms with Gasteiger partial charge in [0.15, 0.2) is 5.82 Å². The summed E-state index contributed by atoms with van der Waals surface area (Å²) in [6, 6.07) is 14.0. The summed E-state index contributed by atoms with van der Waals surface area (Å²) in [5, 5.41) is 7.28. The second-order valence-electron chi connectivity index (χ2n) is 6.82. The summed E-state index contributed by atoms with van der Waals surface area (Å²) >= 11 is 7.69. The van der Waals surface area contributed by atoms with E-state index in [0.29, 0.717) is 24.0 Å². The largest absolute Gasteiger partial charge is 0.377 e. The van der Waals surface area contributed by atoms with Crippen LogP contribution in [0.4, 0.5) is 5.82 Å². The van der Waals surface area contributed by atoms with Gasteiger partial charge in [-0.05, 0) is 17.7 Å². The van der Waals surface area contributed by atoms with E-state index in [1.165, 1.54) is 0 Å². The number of benzene rings is 1. The number of imidazole rings is 1. The van der Waals surface area contributed by atoms with Crippen molar-refractivity contribution < 1.29 is 4.74 Å². The molecule has 8 heteroatoms. The Labute approximate surface area is 182 Å². The van der Waals surface area contributed by atoms with E-state index in [0.717, 1.165) is 38.5 Å². The van der Waals surface area contributed by atoms with Crippen LogP contribution in [0.15, 0.2) is 60.2 Å². The average Bonchev–Trinajstić information content (AvgIpc) is 3.36. The average molecular weight is 436 g/mol. The first-order valence-corrected chi connectivity index (χ1v) is 10.7. The smallest absolute Gasteiger partial charge is 0.158 e. The maximum absolute atomic E-state index is 6.08. The van der Waals surface area contributed by atoms with Crippen molar-refractivity contribution in [1.29, 1.82) is 0 Å². The van der Waals surface area contributed by atoms with Gasteiger partial charge in [0, 0.05) is 30.4 Å². The van der Waals surface area contributed by atoms with Crippen LogP contribution in [0, 0.1) is 0 Å². The molecule has 0 aliphatic heterocycles. The van der Waals surface area contributed by atoms with E-state index in [4.69, 9.17) is 21.3 Å². The lowest BCUT2D eigenvalue weighted by molar-refractivity contribution is 0.178. The SMILES string of the molecule is COCc1nc(NCc2cn3cc(Cl)ccc3n2)c2c(-c3ccccc3)csc2n1. The Bertz CT molecular complexity index is 1330. The molecule has 0 saturated heterocycles. The molecule has 5 rings (SSSR count). The van der Waals surface area contributed by atoms with Crippen LogP contribution in [-0.2, 0) is 17.9 Å². The normalized spacial score (nSPS) is 11.4. The lowest BCUT2D eigenvalue weighted by Gasteiger charge is -2.09. The van der Waals surface area contributed by atoms with Gasteiger partial charge in [0.05, 0.1) is 22.6 Å². The molecule has 4 aromatic heterocycles. The molecule has 150 valence electrons. The molecule has 0 amide bonds. The summed E-state index contributed by atoms with van der Waals surface area (Å²) in [6.07, 6.45) is 3.81. The number of aromatic nitrogens is 4. The Morgan fingerprint density at radius 2 is 1.93 bits per heavy atom. The zero-order valence-electron chi connectivity index (χ0n) is 16.2. The number of hydrogen-bond donors (Lipinski definition) is 1. The first-order valence-electron chi connectivity index (χ1n) is 9.41. The van der Waals surface area contributed by atoms with Crippen molar-refractivity contribution >= 4 is 44.6 Å². The zero-order chi connectivity index (χ0) is 20.5. The second-order valence-corrected chi connectivity index (χ2v) is 8.11. The van der Waals surface area contributed by atoms with Crippen LogP contribution in [0.5, 0.6) is 0 Å². The monoisotopic (exact) mass is 435 g/mol. The Balaban J connectivity index is 1.54. The van der Waals surface area contributed by atoms with Crippen molar-refractivity contribution in [3.05, 3.63) is 76.8 Å². The van der Waals surface area contributed by atoms with Gasteiger partial charge in [-0.2, -0.15) is 0 Å². The number of ether oxygens (including phenoxy) is 1. The fourth-order valence-electron chi connectivity index (χ4n) is 3.41. The minimum absolute atomic E-state index is 0.357. The van der Waals surface area contributed by atoms with Crippen LogP contribution in [0.25, 0.3) is 27.0 Å². The van der Waals surface area contributed by atoms with Gasteiger partial charge in [-0.1, -0.05) is 41.9 Å². The van der Waals surface area contributed by atoms with E-state index in [1.807, 2.05) is 47.1 Å². The molecule has 0 radical (unpaired) electrons. The van der Waals surface area contributed by atoms with Gasteiger partial charge in [0.1, 0.15) is 22.9 Å². The maximum Gasteiger partial charge on any atom is 0.158 e. The van der Waals surface area contributed by atoms with Crippen molar-refractivity contribution in [3.8, 4) is 11.1 Å². The van der Waals surface area contributed by atoms with Crippen LogP contribution < -0.4 is 5.32 Å². The van der Waals surface area contributed by atoms with Crippen molar-refractivity contribution in [2.45, 2.75) is 13.2 Å². The summed E-state index contributed by atoms with van der Waals surface area (Å²) in [6.45, 7) is 0.887. The van der Waals surface area contributed by atoms with Crippen molar-refractivity contribution in [2.24, 2.45) is 0 Å². The minimum atomic E-state index is 0.357. The molecule has 0 aliphatic rings. The van der Waals surface area contributed by atoms with E-state index in [9.17, 15) is 0 Å². The maximum atomic E-state index is 6.08. The van der Waals surface area contributed by atoms with Crippen LogP contribution in [-0.4, -0.2) is 26.5 Å². The molecule has 1 aromatic carbocycles. The van der Waals surface area contributed by atoms with E-state index in [1.54, 1.807) is 18.4 Å². The predicted octanol–water partition coefficient (Wildman–Crippen LogP) is 5.42. The van der Waals surface area contributed by atoms with Crippen molar-refractivity contribution in [2.75, 3.05) is 12.4 Å². The molecular formula is C22H18ClN5OS. The summed E-state index contributed by atoms with van der Waals surface area (Å²) in [4.78, 5) is 15.0. The lowest BCUT2D eigenvalue weighted by Crippen LogP contribution is -2.06. The molecule has 30 heavy (non-hydrogen) atoms. The van der Waals surface area contributed by atoms with Crippen LogP contribution >= 0.6 is 22.9 Å². The number of rotatable bonds is 6. The third-order valence-electron chi connectivity index (χ3n) is 4.74. The highest BCUT2D eigenvalue weighted by Crippen LogP contribution is 2.37. The number of nitrogens with zero attached hydrogens (tertiary/aromatic N) is 4. The van der Waals surface area contributed by atoms with Gasteiger partial charge in [-0.25, -0.2) is 15.0 Å². The molecule has 0 fully saturated rings. The Kier molecular flexibility index (Phi) is 5.08. The Morgan fingerprint density at radius 3 is 2.77 bits per heavy atom. The zero-order valence-corrected chi connectivity index (χ0v) is 17.7.